The first-order valence-corrected chi connectivity index (χ1v) is 9.36. The van der Waals surface area contributed by atoms with Crippen LogP contribution in [0.3, 0.4) is 0 Å². The molecule has 110 valence electrons. The minimum absolute atomic E-state index is 0.118. The van der Waals surface area contributed by atoms with Crippen LogP contribution in [0.5, 0.6) is 0 Å². The molecule has 0 aromatic heterocycles. The standard InChI is InChI=1S/C14H26O4Si/c1-11(2)13(15)16-8-7-9-19(6)17-12(3)10-14(4,5)18-19/h12H,1,7-10H2,2-6H3. The van der Waals surface area contributed by atoms with Gasteiger partial charge in [-0.2, -0.15) is 0 Å². The number of hydrogen-bond donors (Lipinski definition) is 0. The molecule has 1 aliphatic heterocycles. The van der Waals surface area contributed by atoms with Crippen molar-refractivity contribution < 1.29 is 18.4 Å². The van der Waals surface area contributed by atoms with E-state index in [1.165, 1.54) is 0 Å². The number of hydrogen-bond acceptors (Lipinski definition) is 4. The smallest absolute Gasteiger partial charge is 0.335 e. The van der Waals surface area contributed by atoms with Crippen LogP contribution in [-0.4, -0.2) is 32.8 Å². The highest BCUT2D eigenvalue weighted by molar-refractivity contribution is 6.66. The average molecular weight is 286 g/mol. The fraction of sp³-hybridized carbons (Fsp3) is 0.786. The average Bonchev–Trinajstić information content (AvgIpc) is 2.20. The first-order chi connectivity index (χ1) is 8.64. The highest BCUT2D eigenvalue weighted by Crippen LogP contribution is 2.33. The van der Waals surface area contributed by atoms with Crippen LogP contribution in [0.25, 0.3) is 0 Å². The maximum Gasteiger partial charge on any atom is 0.335 e. The Morgan fingerprint density at radius 3 is 2.68 bits per heavy atom. The van der Waals surface area contributed by atoms with Crippen LogP contribution < -0.4 is 0 Å². The number of ether oxygens (including phenoxy) is 1. The highest BCUT2D eigenvalue weighted by atomic mass is 28.4. The van der Waals surface area contributed by atoms with Crippen LogP contribution in [0.15, 0.2) is 12.2 Å². The third-order valence-electron chi connectivity index (χ3n) is 3.08. The fourth-order valence-corrected chi connectivity index (χ4v) is 5.84. The molecule has 0 spiro atoms. The van der Waals surface area contributed by atoms with Crippen molar-refractivity contribution in [2.24, 2.45) is 0 Å². The largest absolute Gasteiger partial charge is 0.462 e. The van der Waals surface area contributed by atoms with Gasteiger partial charge in [-0.25, -0.2) is 4.79 Å². The van der Waals surface area contributed by atoms with Crippen molar-refractivity contribution in [1.29, 1.82) is 0 Å². The zero-order valence-corrected chi connectivity index (χ0v) is 13.7. The van der Waals surface area contributed by atoms with Gasteiger partial charge in [-0.05, 0) is 53.1 Å². The fourth-order valence-electron chi connectivity index (χ4n) is 2.60. The lowest BCUT2D eigenvalue weighted by molar-refractivity contribution is -0.139. The molecular formula is C14H26O4Si. The topological polar surface area (TPSA) is 44.8 Å². The predicted octanol–water partition coefficient (Wildman–Crippen LogP) is 3.17. The van der Waals surface area contributed by atoms with E-state index in [9.17, 15) is 4.79 Å². The van der Waals surface area contributed by atoms with E-state index in [0.717, 1.165) is 18.9 Å². The van der Waals surface area contributed by atoms with Crippen molar-refractivity contribution in [2.75, 3.05) is 6.61 Å². The quantitative estimate of drug-likeness (QED) is 0.337. The summed E-state index contributed by atoms with van der Waals surface area (Å²) in [7, 11) is -2.15. The van der Waals surface area contributed by atoms with Gasteiger partial charge in [-0.1, -0.05) is 6.58 Å². The van der Waals surface area contributed by atoms with Crippen molar-refractivity contribution in [2.45, 2.75) is 64.8 Å². The van der Waals surface area contributed by atoms with E-state index in [1.807, 2.05) is 0 Å². The van der Waals surface area contributed by atoms with Gasteiger partial charge in [0, 0.05) is 11.7 Å². The third-order valence-corrected chi connectivity index (χ3v) is 6.23. The Bertz CT molecular complexity index is 353. The Labute approximate surface area is 117 Å². The lowest BCUT2D eigenvalue weighted by atomic mass is 10.0. The van der Waals surface area contributed by atoms with Crippen LogP contribution in [0.2, 0.25) is 12.6 Å². The lowest BCUT2D eigenvalue weighted by Crippen LogP contribution is -2.54. The summed E-state index contributed by atoms with van der Waals surface area (Å²) in [5.74, 6) is -0.328. The molecule has 0 aliphatic carbocycles. The number of carbonyl (C=O) groups excluding carboxylic acids is 1. The Morgan fingerprint density at radius 1 is 1.53 bits per heavy atom. The molecule has 0 aromatic carbocycles. The third kappa shape index (κ3) is 5.46. The first kappa shape index (κ1) is 16.4. The van der Waals surface area contributed by atoms with Gasteiger partial charge in [0.1, 0.15) is 0 Å². The molecule has 0 amide bonds. The van der Waals surface area contributed by atoms with Gasteiger partial charge in [0.15, 0.2) is 0 Å². The van der Waals surface area contributed by atoms with Gasteiger partial charge in [-0.15, -0.1) is 0 Å². The number of carbonyl (C=O) groups is 1. The zero-order chi connectivity index (χ0) is 14.7. The van der Waals surface area contributed by atoms with E-state index in [-0.39, 0.29) is 17.7 Å². The van der Waals surface area contributed by atoms with Crippen LogP contribution in [0.1, 0.15) is 40.5 Å². The first-order valence-electron chi connectivity index (χ1n) is 6.84. The second-order valence-electron chi connectivity index (χ2n) is 6.15. The van der Waals surface area contributed by atoms with Gasteiger partial charge in [0.2, 0.25) is 0 Å². The number of rotatable bonds is 5. The maximum absolute atomic E-state index is 11.3. The molecule has 1 heterocycles. The summed E-state index contributed by atoms with van der Waals surface area (Å²) >= 11 is 0. The number of esters is 1. The van der Waals surface area contributed by atoms with Gasteiger partial charge in [-0.3, -0.25) is 0 Å². The molecule has 1 aliphatic rings. The van der Waals surface area contributed by atoms with E-state index in [1.54, 1.807) is 6.92 Å². The van der Waals surface area contributed by atoms with Gasteiger partial charge >= 0.3 is 14.5 Å². The molecule has 19 heavy (non-hydrogen) atoms. The second-order valence-corrected chi connectivity index (χ2v) is 9.36. The normalized spacial score (nSPS) is 29.8. The predicted molar refractivity (Wildman–Crippen MR) is 77.1 cm³/mol. The van der Waals surface area contributed by atoms with Gasteiger partial charge in [0.05, 0.1) is 12.2 Å². The SMILES string of the molecule is C=C(C)C(=O)OCCC[Si]1(C)OC(C)CC(C)(C)O1. The molecule has 5 heteroatoms. The molecule has 0 N–H and O–H groups in total. The summed E-state index contributed by atoms with van der Waals surface area (Å²) in [4.78, 5) is 11.3. The molecular weight excluding hydrogens is 260 g/mol. The zero-order valence-electron chi connectivity index (χ0n) is 12.7. The molecule has 2 atom stereocenters. The monoisotopic (exact) mass is 286 g/mol. The van der Waals surface area contributed by atoms with Crippen LogP contribution in [0, 0.1) is 0 Å². The summed E-state index contributed by atoms with van der Waals surface area (Å²) in [6.45, 7) is 14.0. The molecule has 4 nitrogen and oxygen atoms in total. The summed E-state index contributed by atoms with van der Waals surface area (Å²) in [6.07, 6.45) is 1.92. The van der Waals surface area contributed by atoms with Crippen molar-refractivity contribution >= 4 is 14.5 Å². The highest BCUT2D eigenvalue weighted by Gasteiger charge is 2.44. The van der Waals surface area contributed by atoms with Crippen molar-refractivity contribution in [3.8, 4) is 0 Å². The summed E-state index contributed by atoms with van der Waals surface area (Å²) in [5, 5.41) is 0. The molecule has 1 fully saturated rings. The molecule has 0 aromatic rings. The van der Waals surface area contributed by atoms with Crippen LogP contribution >= 0.6 is 0 Å². The maximum atomic E-state index is 11.3. The molecule has 0 saturated carbocycles. The lowest BCUT2D eigenvalue weighted by Gasteiger charge is -2.44. The Morgan fingerprint density at radius 2 is 2.16 bits per heavy atom. The second kappa shape index (κ2) is 6.20. The van der Waals surface area contributed by atoms with E-state index in [2.05, 4.69) is 33.9 Å². The van der Waals surface area contributed by atoms with Crippen LogP contribution in [0.4, 0.5) is 0 Å². The Hall–Kier alpha value is -0.653. The van der Waals surface area contributed by atoms with Crippen molar-refractivity contribution in [3.05, 3.63) is 12.2 Å². The Kier molecular flexibility index (Phi) is 5.35. The minimum atomic E-state index is -2.15. The minimum Gasteiger partial charge on any atom is -0.462 e. The van der Waals surface area contributed by atoms with E-state index >= 15 is 0 Å². The Balaban J connectivity index is 2.39. The molecule has 0 radical (unpaired) electrons. The molecule has 1 saturated heterocycles. The summed E-state index contributed by atoms with van der Waals surface area (Å²) < 4.78 is 17.3. The summed E-state index contributed by atoms with van der Waals surface area (Å²) in [6, 6.07) is 0.838. The molecule has 0 bridgehead atoms. The van der Waals surface area contributed by atoms with Crippen molar-refractivity contribution in [1.82, 2.24) is 0 Å². The van der Waals surface area contributed by atoms with E-state index < -0.39 is 8.56 Å². The summed E-state index contributed by atoms with van der Waals surface area (Å²) in [5.41, 5.74) is 0.316. The van der Waals surface area contributed by atoms with Crippen LogP contribution in [-0.2, 0) is 18.4 Å². The van der Waals surface area contributed by atoms with E-state index in [4.69, 9.17) is 13.6 Å². The molecule has 2 unspecified atom stereocenters. The molecule has 1 rings (SSSR count). The van der Waals surface area contributed by atoms with E-state index in [0.29, 0.717) is 12.2 Å². The van der Waals surface area contributed by atoms with Gasteiger partial charge < -0.3 is 13.6 Å². The van der Waals surface area contributed by atoms with Gasteiger partial charge in [0.25, 0.3) is 0 Å². The van der Waals surface area contributed by atoms with Crippen molar-refractivity contribution in [3.63, 3.8) is 0 Å².